The number of fused-ring (bicyclic) bond motifs is 1. The van der Waals surface area contributed by atoms with Gasteiger partial charge in [-0.05, 0) is 38.1 Å². The maximum atomic E-state index is 6.25. The van der Waals surface area contributed by atoms with Crippen LogP contribution in [0.1, 0.15) is 11.9 Å². The van der Waals surface area contributed by atoms with Crippen molar-refractivity contribution in [3.63, 3.8) is 0 Å². The van der Waals surface area contributed by atoms with E-state index in [1.165, 1.54) is 0 Å². The Morgan fingerprint density at radius 3 is 2.65 bits per heavy atom. The standard InChI is InChI=1S/C16H17N3S/c1-3-19(12-7-5-4-6-8-12)15-10-14-16(9-13(15)17)20-11(2)18-14/h4-10H,3,17H2,1-2H3. The van der Waals surface area contributed by atoms with Crippen LogP contribution in [0.15, 0.2) is 42.5 Å². The first-order chi connectivity index (χ1) is 9.69. The molecular weight excluding hydrogens is 266 g/mol. The predicted molar refractivity (Wildman–Crippen MR) is 87.9 cm³/mol. The van der Waals surface area contributed by atoms with Gasteiger partial charge in [0.05, 0.1) is 26.6 Å². The Bertz CT molecular complexity index is 734. The number of thiazole rings is 1. The smallest absolute Gasteiger partial charge is 0.0907 e. The summed E-state index contributed by atoms with van der Waals surface area (Å²) in [5, 5.41) is 1.07. The first-order valence-corrected chi connectivity index (χ1v) is 7.50. The molecule has 2 aromatic carbocycles. The third-order valence-corrected chi connectivity index (χ3v) is 4.25. The fraction of sp³-hybridized carbons (Fsp3) is 0.188. The van der Waals surface area contributed by atoms with Crippen LogP contribution >= 0.6 is 11.3 Å². The van der Waals surface area contributed by atoms with Crippen LogP contribution in [0.4, 0.5) is 17.1 Å². The molecule has 0 spiro atoms. The van der Waals surface area contributed by atoms with E-state index in [4.69, 9.17) is 5.73 Å². The zero-order chi connectivity index (χ0) is 14.1. The van der Waals surface area contributed by atoms with E-state index < -0.39 is 0 Å². The van der Waals surface area contributed by atoms with Gasteiger partial charge in [0.25, 0.3) is 0 Å². The van der Waals surface area contributed by atoms with Crippen molar-refractivity contribution in [2.24, 2.45) is 0 Å². The van der Waals surface area contributed by atoms with Crippen LogP contribution in [0, 0.1) is 6.92 Å². The third kappa shape index (κ3) is 2.23. The first-order valence-electron chi connectivity index (χ1n) is 6.68. The lowest BCUT2D eigenvalue weighted by Crippen LogP contribution is -2.17. The van der Waals surface area contributed by atoms with E-state index in [9.17, 15) is 0 Å². The molecule has 0 saturated heterocycles. The Morgan fingerprint density at radius 1 is 1.20 bits per heavy atom. The number of nitrogens with zero attached hydrogens (tertiary/aromatic N) is 2. The van der Waals surface area contributed by atoms with E-state index in [0.29, 0.717) is 0 Å². The molecular formula is C16H17N3S. The topological polar surface area (TPSA) is 42.2 Å². The second kappa shape index (κ2) is 5.13. The van der Waals surface area contributed by atoms with Crippen LogP contribution in [0.25, 0.3) is 10.2 Å². The highest BCUT2D eigenvalue weighted by molar-refractivity contribution is 7.18. The molecule has 0 unspecified atom stereocenters. The summed E-state index contributed by atoms with van der Waals surface area (Å²) in [6, 6.07) is 14.4. The van der Waals surface area contributed by atoms with Gasteiger partial charge in [0.15, 0.2) is 0 Å². The monoisotopic (exact) mass is 283 g/mol. The van der Waals surface area contributed by atoms with Crippen LogP contribution in [-0.4, -0.2) is 11.5 Å². The Labute approximate surface area is 122 Å². The average Bonchev–Trinajstić information content (AvgIpc) is 2.80. The molecule has 3 nitrogen and oxygen atoms in total. The Kier molecular flexibility index (Phi) is 3.32. The van der Waals surface area contributed by atoms with E-state index in [-0.39, 0.29) is 0 Å². The first kappa shape index (κ1) is 12.9. The largest absolute Gasteiger partial charge is 0.397 e. The number of hydrogen-bond donors (Lipinski definition) is 1. The Morgan fingerprint density at radius 2 is 1.95 bits per heavy atom. The number of para-hydroxylation sites is 1. The SMILES string of the molecule is CCN(c1ccccc1)c1cc2nc(C)sc2cc1N. The summed E-state index contributed by atoms with van der Waals surface area (Å²) in [6.45, 7) is 5.01. The second-order valence-electron chi connectivity index (χ2n) is 4.69. The molecule has 1 heterocycles. The van der Waals surface area contributed by atoms with Crippen molar-refractivity contribution in [2.45, 2.75) is 13.8 Å². The van der Waals surface area contributed by atoms with Crippen molar-refractivity contribution in [1.29, 1.82) is 0 Å². The van der Waals surface area contributed by atoms with E-state index in [0.717, 1.165) is 38.8 Å². The normalized spacial score (nSPS) is 10.9. The predicted octanol–water partition coefficient (Wildman–Crippen LogP) is 4.34. The highest BCUT2D eigenvalue weighted by Gasteiger charge is 2.13. The highest BCUT2D eigenvalue weighted by Crippen LogP contribution is 2.35. The van der Waals surface area contributed by atoms with Gasteiger partial charge in [0.1, 0.15) is 0 Å². The highest BCUT2D eigenvalue weighted by atomic mass is 32.1. The van der Waals surface area contributed by atoms with Gasteiger partial charge in [-0.15, -0.1) is 11.3 Å². The van der Waals surface area contributed by atoms with E-state index in [1.807, 2.05) is 31.2 Å². The zero-order valence-corrected chi connectivity index (χ0v) is 12.4. The minimum Gasteiger partial charge on any atom is -0.397 e. The van der Waals surface area contributed by atoms with Gasteiger partial charge in [0.2, 0.25) is 0 Å². The summed E-state index contributed by atoms with van der Waals surface area (Å²) in [5.74, 6) is 0. The van der Waals surface area contributed by atoms with Gasteiger partial charge in [-0.3, -0.25) is 0 Å². The van der Waals surface area contributed by atoms with Gasteiger partial charge in [-0.25, -0.2) is 4.98 Å². The maximum Gasteiger partial charge on any atom is 0.0907 e. The number of anilines is 3. The second-order valence-corrected chi connectivity index (χ2v) is 5.93. The number of nitrogen functional groups attached to an aromatic ring is 1. The van der Waals surface area contributed by atoms with Crippen molar-refractivity contribution >= 4 is 38.6 Å². The summed E-state index contributed by atoms with van der Waals surface area (Å²) in [6.07, 6.45) is 0. The summed E-state index contributed by atoms with van der Waals surface area (Å²) >= 11 is 1.68. The minimum atomic E-state index is 0.798. The fourth-order valence-electron chi connectivity index (χ4n) is 2.43. The van der Waals surface area contributed by atoms with Crippen LogP contribution in [0.2, 0.25) is 0 Å². The molecule has 0 saturated carbocycles. The van der Waals surface area contributed by atoms with E-state index in [1.54, 1.807) is 11.3 Å². The maximum absolute atomic E-state index is 6.25. The summed E-state index contributed by atoms with van der Waals surface area (Å²) in [5.41, 5.74) is 10.2. The van der Waals surface area contributed by atoms with Crippen LogP contribution in [0.5, 0.6) is 0 Å². The molecule has 3 aromatic rings. The molecule has 0 fully saturated rings. The molecule has 2 N–H and O–H groups in total. The van der Waals surface area contributed by atoms with Gasteiger partial charge in [0, 0.05) is 12.2 Å². The minimum absolute atomic E-state index is 0.798. The van der Waals surface area contributed by atoms with Crippen molar-refractivity contribution in [1.82, 2.24) is 4.98 Å². The van der Waals surface area contributed by atoms with Crippen LogP contribution in [0.3, 0.4) is 0 Å². The van der Waals surface area contributed by atoms with Crippen LogP contribution in [-0.2, 0) is 0 Å². The number of aryl methyl sites for hydroxylation is 1. The molecule has 20 heavy (non-hydrogen) atoms. The number of nitrogens with two attached hydrogens (primary N) is 1. The molecule has 0 aliphatic rings. The quantitative estimate of drug-likeness (QED) is 0.727. The van der Waals surface area contributed by atoms with Crippen molar-refractivity contribution < 1.29 is 0 Å². The molecule has 0 aliphatic carbocycles. The molecule has 102 valence electrons. The van der Waals surface area contributed by atoms with Crippen molar-refractivity contribution in [3.05, 3.63) is 47.5 Å². The molecule has 1 aromatic heterocycles. The lowest BCUT2D eigenvalue weighted by molar-refractivity contribution is 1.03. The summed E-state index contributed by atoms with van der Waals surface area (Å²) < 4.78 is 1.15. The molecule has 4 heteroatoms. The fourth-order valence-corrected chi connectivity index (χ4v) is 3.28. The number of aromatic nitrogens is 1. The molecule has 0 aliphatic heterocycles. The lowest BCUT2D eigenvalue weighted by Gasteiger charge is -2.24. The third-order valence-electron chi connectivity index (χ3n) is 3.32. The van der Waals surface area contributed by atoms with Crippen molar-refractivity contribution in [2.75, 3.05) is 17.2 Å². The molecule has 0 amide bonds. The number of rotatable bonds is 3. The molecule has 0 radical (unpaired) electrons. The summed E-state index contributed by atoms with van der Waals surface area (Å²) in [4.78, 5) is 6.77. The van der Waals surface area contributed by atoms with Crippen molar-refractivity contribution in [3.8, 4) is 0 Å². The molecule has 3 rings (SSSR count). The number of benzene rings is 2. The van der Waals surface area contributed by atoms with Gasteiger partial charge in [-0.1, -0.05) is 18.2 Å². The lowest BCUT2D eigenvalue weighted by atomic mass is 10.2. The summed E-state index contributed by atoms with van der Waals surface area (Å²) in [7, 11) is 0. The van der Waals surface area contributed by atoms with Gasteiger partial charge < -0.3 is 10.6 Å². The Hall–Kier alpha value is -2.07. The van der Waals surface area contributed by atoms with E-state index >= 15 is 0 Å². The van der Waals surface area contributed by atoms with Gasteiger partial charge in [-0.2, -0.15) is 0 Å². The van der Waals surface area contributed by atoms with E-state index in [2.05, 4.69) is 35.0 Å². The Balaban J connectivity index is 2.14. The molecule has 0 bridgehead atoms. The number of hydrogen-bond acceptors (Lipinski definition) is 4. The van der Waals surface area contributed by atoms with Gasteiger partial charge >= 0.3 is 0 Å². The average molecular weight is 283 g/mol. The zero-order valence-electron chi connectivity index (χ0n) is 11.6. The molecule has 0 atom stereocenters. The van der Waals surface area contributed by atoms with Crippen LogP contribution < -0.4 is 10.6 Å².